The van der Waals surface area contributed by atoms with Gasteiger partial charge < -0.3 is 4.74 Å². The zero-order chi connectivity index (χ0) is 13.3. The highest BCUT2D eigenvalue weighted by Crippen LogP contribution is 2.38. The van der Waals surface area contributed by atoms with Crippen LogP contribution < -0.4 is 0 Å². The third-order valence-corrected chi connectivity index (χ3v) is 3.69. The van der Waals surface area contributed by atoms with Crippen LogP contribution in [-0.2, 0) is 14.3 Å². The smallest absolute Gasteiger partial charge is 0.334 e. The summed E-state index contributed by atoms with van der Waals surface area (Å²) < 4.78 is 5.34. The Balaban J connectivity index is 2.18. The monoisotopic (exact) mass is 246 g/mol. The average molecular weight is 246 g/mol. The van der Waals surface area contributed by atoms with Crippen molar-refractivity contribution in [2.75, 3.05) is 0 Å². The van der Waals surface area contributed by atoms with Gasteiger partial charge in [-0.1, -0.05) is 25.7 Å². The largest absolute Gasteiger partial charge is 0.458 e. The Hall–Kier alpha value is -1.64. The highest BCUT2D eigenvalue weighted by molar-refractivity contribution is 5.91. The van der Waals surface area contributed by atoms with E-state index in [9.17, 15) is 9.59 Å². The van der Waals surface area contributed by atoms with Crippen LogP contribution in [0.5, 0.6) is 0 Å². The molecule has 18 heavy (non-hydrogen) atoms. The van der Waals surface area contributed by atoms with Gasteiger partial charge in [-0.05, 0) is 37.3 Å². The maximum absolute atomic E-state index is 11.5. The summed E-state index contributed by atoms with van der Waals surface area (Å²) in [5.41, 5.74) is 1.73. The summed E-state index contributed by atoms with van der Waals surface area (Å²) in [5.74, 6) is 0.175. The van der Waals surface area contributed by atoms with E-state index >= 15 is 0 Å². The minimum atomic E-state index is -0.256. The fourth-order valence-corrected chi connectivity index (χ4v) is 2.57. The van der Waals surface area contributed by atoms with Crippen LogP contribution in [0.2, 0.25) is 0 Å². The van der Waals surface area contributed by atoms with Crippen LogP contribution in [0.1, 0.15) is 26.7 Å². The van der Waals surface area contributed by atoms with Gasteiger partial charge in [0.05, 0.1) is 0 Å². The highest BCUT2D eigenvalue weighted by Gasteiger charge is 2.40. The number of ether oxygens (including phenoxy) is 1. The second kappa shape index (κ2) is 4.92. The first-order valence-corrected chi connectivity index (χ1v) is 6.27. The number of carbonyl (C=O) groups is 2. The second-order valence-electron chi connectivity index (χ2n) is 5.10. The van der Waals surface area contributed by atoms with Gasteiger partial charge in [0.1, 0.15) is 6.10 Å². The maximum atomic E-state index is 11.5. The van der Waals surface area contributed by atoms with Gasteiger partial charge in [0.2, 0.25) is 0 Å². The van der Waals surface area contributed by atoms with Gasteiger partial charge in [0.15, 0.2) is 5.78 Å². The summed E-state index contributed by atoms with van der Waals surface area (Å²) in [6.45, 7) is 7.44. The summed E-state index contributed by atoms with van der Waals surface area (Å²) in [4.78, 5) is 22.4. The minimum absolute atomic E-state index is 0.0448. The van der Waals surface area contributed by atoms with Crippen molar-refractivity contribution in [2.24, 2.45) is 11.8 Å². The molecule has 0 aromatic heterocycles. The molecule has 0 saturated carbocycles. The molecular formula is C15H18O3. The van der Waals surface area contributed by atoms with E-state index in [2.05, 4.69) is 19.6 Å². The standard InChI is InChI=1S/C15H18O3/c1-9-8-14-13(11(3)15(17)18-14)7-6-12(9)5-4-10(2)16/h4-6,9,13-14H,3,7-8H2,1-2H3/b5-4-/t9-,13+,14-/m1/s1. The molecule has 0 radical (unpaired) electrons. The van der Waals surface area contributed by atoms with Crippen molar-refractivity contribution < 1.29 is 14.3 Å². The number of carbonyl (C=O) groups excluding carboxylic acids is 2. The molecule has 0 aromatic carbocycles. The van der Waals surface area contributed by atoms with Gasteiger partial charge in [0.25, 0.3) is 0 Å². The third-order valence-electron chi connectivity index (χ3n) is 3.69. The third kappa shape index (κ3) is 2.45. The highest BCUT2D eigenvalue weighted by atomic mass is 16.6. The molecular weight excluding hydrogens is 228 g/mol. The molecule has 0 N–H and O–H groups in total. The molecule has 1 aliphatic carbocycles. The van der Waals surface area contributed by atoms with E-state index in [0.29, 0.717) is 5.57 Å². The zero-order valence-corrected chi connectivity index (χ0v) is 10.8. The van der Waals surface area contributed by atoms with E-state index in [1.54, 1.807) is 6.08 Å². The van der Waals surface area contributed by atoms with Crippen LogP contribution in [0.15, 0.2) is 36.0 Å². The summed E-state index contributed by atoms with van der Waals surface area (Å²) in [6, 6.07) is 0. The predicted molar refractivity (Wildman–Crippen MR) is 68.8 cm³/mol. The van der Waals surface area contributed by atoms with Crippen LogP contribution in [0.3, 0.4) is 0 Å². The van der Waals surface area contributed by atoms with Gasteiger partial charge in [-0.15, -0.1) is 0 Å². The summed E-state index contributed by atoms with van der Waals surface area (Å²) in [6.07, 6.45) is 7.06. The lowest BCUT2D eigenvalue weighted by molar-refractivity contribution is -0.139. The van der Waals surface area contributed by atoms with E-state index in [-0.39, 0.29) is 29.7 Å². The Labute approximate surface area is 107 Å². The van der Waals surface area contributed by atoms with Crippen LogP contribution in [0, 0.1) is 11.8 Å². The first-order chi connectivity index (χ1) is 8.49. The molecule has 1 fully saturated rings. The van der Waals surface area contributed by atoms with E-state index in [4.69, 9.17) is 4.74 Å². The molecule has 3 atom stereocenters. The Bertz CT molecular complexity index is 456. The Kier molecular flexibility index (Phi) is 3.50. The lowest BCUT2D eigenvalue weighted by Gasteiger charge is -2.16. The van der Waals surface area contributed by atoms with Crippen LogP contribution in [0.4, 0.5) is 0 Å². The number of rotatable bonds is 2. The minimum Gasteiger partial charge on any atom is -0.458 e. The van der Waals surface area contributed by atoms with Crippen LogP contribution in [-0.4, -0.2) is 17.9 Å². The molecule has 1 heterocycles. The topological polar surface area (TPSA) is 43.4 Å². The van der Waals surface area contributed by atoms with Crippen molar-refractivity contribution in [3.63, 3.8) is 0 Å². The molecule has 3 heteroatoms. The van der Waals surface area contributed by atoms with Gasteiger partial charge in [0, 0.05) is 11.5 Å². The van der Waals surface area contributed by atoms with E-state index in [1.165, 1.54) is 6.92 Å². The molecule has 0 unspecified atom stereocenters. The number of hydrogen-bond acceptors (Lipinski definition) is 3. The molecule has 1 saturated heterocycles. The molecule has 0 bridgehead atoms. The number of ketones is 1. The number of fused-ring (bicyclic) bond motifs is 1. The van der Waals surface area contributed by atoms with Crippen LogP contribution in [0.25, 0.3) is 0 Å². The number of esters is 1. The zero-order valence-electron chi connectivity index (χ0n) is 10.8. The fourth-order valence-electron chi connectivity index (χ4n) is 2.57. The Morgan fingerprint density at radius 3 is 2.94 bits per heavy atom. The van der Waals surface area contributed by atoms with Gasteiger partial charge in [-0.25, -0.2) is 4.79 Å². The Morgan fingerprint density at radius 2 is 2.28 bits per heavy atom. The SMILES string of the molecule is C=C1C(=O)O[C@@H]2C[C@@H](C)C(/C=C\C(C)=O)=CC[C@@H]12. The summed E-state index contributed by atoms with van der Waals surface area (Å²) in [5, 5.41) is 0. The van der Waals surface area contributed by atoms with Crippen molar-refractivity contribution in [1.29, 1.82) is 0 Å². The molecule has 0 spiro atoms. The molecule has 3 nitrogen and oxygen atoms in total. The summed E-state index contributed by atoms with van der Waals surface area (Å²) in [7, 11) is 0. The first kappa shape index (κ1) is 12.8. The van der Waals surface area contributed by atoms with Gasteiger partial charge in [-0.2, -0.15) is 0 Å². The van der Waals surface area contributed by atoms with Crippen molar-refractivity contribution in [1.82, 2.24) is 0 Å². The van der Waals surface area contributed by atoms with E-state index in [0.717, 1.165) is 18.4 Å². The maximum Gasteiger partial charge on any atom is 0.334 e. The van der Waals surface area contributed by atoms with E-state index < -0.39 is 0 Å². The van der Waals surface area contributed by atoms with E-state index in [1.807, 2.05) is 6.08 Å². The number of hydrogen-bond donors (Lipinski definition) is 0. The van der Waals surface area contributed by atoms with Crippen molar-refractivity contribution in [3.8, 4) is 0 Å². The average Bonchev–Trinajstić information content (AvgIpc) is 2.46. The van der Waals surface area contributed by atoms with Crippen molar-refractivity contribution in [2.45, 2.75) is 32.8 Å². The van der Waals surface area contributed by atoms with Gasteiger partial charge >= 0.3 is 5.97 Å². The first-order valence-electron chi connectivity index (χ1n) is 6.27. The van der Waals surface area contributed by atoms with Crippen molar-refractivity contribution in [3.05, 3.63) is 36.0 Å². The van der Waals surface area contributed by atoms with Gasteiger partial charge in [-0.3, -0.25) is 4.79 Å². The lowest BCUT2D eigenvalue weighted by Crippen LogP contribution is -2.17. The molecule has 0 amide bonds. The molecule has 96 valence electrons. The fraction of sp³-hybridized carbons (Fsp3) is 0.467. The molecule has 2 aliphatic rings. The molecule has 2 rings (SSSR count). The van der Waals surface area contributed by atoms with Crippen LogP contribution >= 0.6 is 0 Å². The quantitative estimate of drug-likeness (QED) is 0.555. The Morgan fingerprint density at radius 1 is 1.56 bits per heavy atom. The van der Waals surface area contributed by atoms with Crippen molar-refractivity contribution >= 4 is 11.8 Å². The number of allylic oxidation sites excluding steroid dienone is 4. The summed E-state index contributed by atoms with van der Waals surface area (Å²) >= 11 is 0. The molecule has 1 aliphatic heterocycles. The normalized spacial score (nSPS) is 31.9. The second-order valence-corrected chi connectivity index (χ2v) is 5.10. The lowest BCUT2D eigenvalue weighted by atomic mass is 9.91. The molecule has 0 aromatic rings. The predicted octanol–water partition coefficient (Wildman–Crippen LogP) is 2.59.